The maximum absolute atomic E-state index is 12.4. The van der Waals surface area contributed by atoms with E-state index >= 15 is 0 Å². The third-order valence-corrected chi connectivity index (χ3v) is 5.23. The summed E-state index contributed by atoms with van der Waals surface area (Å²) in [4.78, 5) is 14.1. The molecule has 9 heteroatoms. The van der Waals surface area contributed by atoms with E-state index in [0.29, 0.717) is 22.5 Å². The summed E-state index contributed by atoms with van der Waals surface area (Å²) in [5.74, 6) is 7.53. The number of hydrogen-bond acceptors (Lipinski definition) is 6. The summed E-state index contributed by atoms with van der Waals surface area (Å²) in [5.41, 5.74) is 1.78. The molecule has 0 radical (unpaired) electrons. The number of amides is 1. The molecule has 1 amide bonds. The molecule has 0 saturated carbocycles. The van der Waals surface area contributed by atoms with Crippen LogP contribution in [0, 0.1) is 0 Å². The fourth-order valence-electron chi connectivity index (χ4n) is 2.55. The molecule has 0 bridgehead atoms. The van der Waals surface area contributed by atoms with E-state index in [1.165, 1.54) is 16.4 Å². The molecular weight excluding hydrogens is 398 g/mol. The molecule has 0 atom stereocenters. The standard InChI is InChI=1S/C19H20ClN5O2S/c1-24(11-13-4-3-5-15(20)10-13)17(26)12-28-19-23-22-18(25(19)21)14-6-8-16(27-2)9-7-14/h3-10H,11-12,21H2,1-2H3. The van der Waals surface area contributed by atoms with E-state index in [0.717, 1.165) is 16.9 Å². The van der Waals surface area contributed by atoms with Gasteiger partial charge in [-0.15, -0.1) is 10.2 Å². The molecule has 2 N–H and O–H groups in total. The number of rotatable bonds is 7. The van der Waals surface area contributed by atoms with Gasteiger partial charge in [-0.1, -0.05) is 35.5 Å². The minimum absolute atomic E-state index is 0.0426. The largest absolute Gasteiger partial charge is 0.497 e. The van der Waals surface area contributed by atoms with Crippen LogP contribution in [0.4, 0.5) is 0 Å². The van der Waals surface area contributed by atoms with E-state index in [1.807, 2.05) is 42.5 Å². The van der Waals surface area contributed by atoms with Crippen LogP contribution in [0.2, 0.25) is 5.02 Å². The molecule has 0 spiro atoms. The van der Waals surface area contributed by atoms with Gasteiger partial charge < -0.3 is 15.5 Å². The summed E-state index contributed by atoms with van der Waals surface area (Å²) in [5, 5.41) is 9.34. The summed E-state index contributed by atoms with van der Waals surface area (Å²) in [6, 6.07) is 14.8. The lowest BCUT2D eigenvalue weighted by Crippen LogP contribution is -2.28. The SMILES string of the molecule is COc1ccc(-c2nnc(SCC(=O)N(C)Cc3cccc(Cl)c3)n2N)cc1. The molecule has 3 rings (SSSR count). The number of carbonyl (C=O) groups excluding carboxylic acids is 1. The van der Waals surface area contributed by atoms with E-state index in [2.05, 4.69) is 10.2 Å². The minimum atomic E-state index is -0.0426. The van der Waals surface area contributed by atoms with Gasteiger partial charge in [0, 0.05) is 24.2 Å². The predicted octanol–water partition coefficient (Wildman–Crippen LogP) is 3.07. The summed E-state index contributed by atoms with van der Waals surface area (Å²) >= 11 is 7.23. The summed E-state index contributed by atoms with van der Waals surface area (Å²) in [6.07, 6.45) is 0. The van der Waals surface area contributed by atoms with Crippen LogP contribution in [0.5, 0.6) is 5.75 Å². The Kier molecular flexibility index (Phi) is 6.43. The second-order valence-corrected chi connectivity index (χ2v) is 7.45. The average Bonchev–Trinajstić information content (AvgIpc) is 3.06. The van der Waals surface area contributed by atoms with Gasteiger partial charge in [0.2, 0.25) is 11.1 Å². The third kappa shape index (κ3) is 4.76. The van der Waals surface area contributed by atoms with E-state index in [9.17, 15) is 4.79 Å². The van der Waals surface area contributed by atoms with Crippen molar-refractivity contribution in [3.8, 4) is 17.1 Å². The van der Waals surface area contributed by atoms with Gasteiger partial charge in [-0.05, 0) is 42.0 Å². The molecule has 28 heavy (non-hydrogen) atoms. The molecule has 7 nitrogen and oxygen atoms in total. The van der Waals surface area contributed by atoms with E-state index in [-0.39, 0.29) is 11.7 Å². The zero-order valence-electron chi connectivity index (χ0n) is 15.5. The smallest absolute Gasteiger partial charge is 0.233 e. The van der Waals surface area contributed by atoms with Crippen molar-refractivity contribution in [2.24, 2.45) is 0 Å². The summed E-state index contributed by atoms with van der Waals surface area (Å²) < 4.78 is 6.53. The van der Waals surface area contributed by atoms with Gasteiger partial charge in [-0.25, -0.2) is 4.68 Å². The molecule has 3 aromatic rings. The Balaban J connectivity index is 1.61. The predicted molar refractivity (Wildman–Crippen MR) is 111 cm³/mol. The highest BCUT2D eigenvalue weighted by molar-refractivity contribution is 7.99. The van der Waals surface area contributed by atoms with Gasteiger partial charge in [0.1, 0.15) is 5.75 Å². The molecule has 1 heterocycles. The maximum atomic E-state index is 12.4. The van der Waals surface area contributed by atoms with Crippen LogP contribution >= 0.6 is 23.4 Å². The molecule has 0 aliphatic carbocycles. The van der Waals surface area contributed by atoms with Gasteiger partial charge in [-0.2, -0.15) is 0 Å². The third-order valence-electron chi connectivity index (χ3n) is 4.07. The van der Waals surface area contributed by atoms with Gasteiger partial charge in [0.15, 0.2) is 5.82 Å². The first-order chi connectivity index (χ1) is 13.5. The first kappa shape index (κ1) is 20.0. The molecular formula is C19H20ClN5O2S. The van der Waals surface area contributed by atoms with Crippen molar-refractivity contribution in [1.82, 2.24) is 19.8 Å². The zero-order valence-corrected chi connectivity index (χ0v) is 17.1. The van der Waals surface area contributed by atoms with Crippen molar-refractivity contribution in [1.29, 1.82) is 0 Å². The lowest BCUT2D eigenvalue weighted by Gasteiger charge is -2.17. The van der Waals surface area contributed by atoms with Crippen LogP contribution in [0.1, 0.15) is 5.56 Å². The fourth-order valence-corrected chi connectivity index (χ4v) is 3.56. The molecule has 0 saturated heterocycles. The lowest BCUT2D eigenvalue weighted by molar-refractivity contribution is -0.127. The van der Waals surface area contributed by atoms with E-state index in [1.54, 1.807) is 25.1 Å². The van der Waals surface area contributed by atoms with Crippen LogP contribution in [-0.4, -0.2) is 45.6 Å². The topological polar surface area (TPSA) is 86.3 Å². The number of aromatic nitrogens is 3. The van der Waals surface area contributed by atoms with Gasteiger partial charge in [0.25, 0.3) is 0 Å². The number of methoxy groups -OCH3 is 1. The number of ether oxygens (including phenoxy) is 1. The van der Waals surface area contributed by atoms with Gasteiger partial charge in [0.05, 0.1) is 12.9 Å². The number of nitrogen functional groups attached to an aromatic ring is 1. The van der Waals surface area contributed by atoms with Crippen LogP contribution < -0.4 is 10.6 Å². The molecule has 2 aromatic carbocycles. The Labute approximate surface area is 172 Å². The van der Waals surface area contributed by atoms with Gasteiger partial charge >= 0.3 is 0 Å². The number of carbonyl (C=O) groups is 1. The Bertz CT molecular complexity index is 961. The summed E-state index contributed by atoms with van der Waals surface area (Å²) in [7, 11) is 3.36. The van der Waals surface area contributed by atoms with E-state index < -0.39 is 0 Å². The lowest BCUT2D eigenvalue weighted by atomic mass is 10.2. The maximum Gasteiger partial charge on any atom is 0.233 e. The Morgan fingerprint density at radius 2 is 2.00 bits per heavy atom. The van der Waals surface area contributed by atoms with Gasteiger partial charge in [-0.3, -0.25) is 4.79 Å². The Hall–Kier alpha value is -2.71. The van der Waals surface area contributed by atoms with Crippen molar-refractivity contribution in [2.45, 2.75) is 11.7 Å². The number of nitrogens with zero attached hydrogens (tertiary/aromatic N) is 4. The highest BCUT2D eigenvalue weighted by Crippen LogP contribution is 2.24. The number of nitrogens with two attached hydrogens (primary N) is 1. The molecule has 0 fully saturated rings. The number of halogens is 1. The molecule has 0 aliphatic heterocycles. The minimum Gasteiger partial charge on any atom is -0.497 e. The van der Waals surface area contributed by atoms with Crippen molar-refractivity contribution in [3.05, 3.63) is 59.1 Å². The monoisotopic (exact) mass is 417 g/mol. The second kappa shape index (κ2) is 8.99. The number of thioether (sulfide) groups is 1. The Morgan fingerprint density at radius 3 is 2.68 bits per heavy atom. The molecule has 146 valence electrons. The normalized spacial score (nSPS) is 10.7. The zero-order chi connectivity index (χ0) is 20.1. The average molecular weight is 418 g/mol. The molecule has 1 aromatic heterocycles. The second-order valence-electron chi connectivity index (χ2n) is 6.07. The van der Waals surface area contributed by atoms with Crippen molar-refractivity contribution >= 4 is 29.3 Å². The van der Waals surface area contributed by atoms with E-state index in [4.69, 9.17) is 22.2 Å². The highest BCUT2D eigenvalue weighted by Gasteiger charge is 2.16. The van der Waals surface area contributed by atoms with Crippen LogP contribution in [-0.2, 0) is 11.3 Å². The Morgan fingerprint density at radius 1 is 1.25 bits per heavy atom. The van der Waals surface area contributed by atoms with Crippen molar-refractivity contribution in [3.63, 3.8) is 0 Å². The number of hydrogen-bond donors (Lipinski definition) is 1. The first-order valence-electron chi connectivity index (χ1n) is 8.44. The fraction of sp³-hybridized carbons (Fsp3) is 0.211. The molecule has 0 aliphatic rings. The number of benzene rings is 2. The summed E-state index contributed by atoms with van der Waals surface area (Å²) in [6.45, 7) is 0.479. The quantitative estimate of drug-likeness (QED) is 0.469. The van der Waals surface area contributed by atoms with Crippen LogP contribution in [0.25, 0.3) is 11.4 Å². The highest BCUT2D eigenvalue weighted by atomic mass is 35.5. The molecule has 0 unspecified atom stereocenters. The van der Waals surface area contributed by atoms with Crippen LogP contribution in [0.15, 0.2) is 53.7 Å². The van der Waals surface area contributed by atoms with Crippen LogP contribution in [0.3, 0.4) is 0 Å². The first-order valence-corrected chi connectivity index (χ1v) is 9.80. The van der Waals surface area contributed by atoms with Crippen molar-refractivity contribution in [2.75, 3.05) is 25.8 Å². The van der Waals surface area contributed by atoms with Crippen molar-refractivity contribution < 1.29 is 9.53 Å².